The quantitative estimate of drug-likeness (QED) is 0.171. The molecule has 0 saturated heterocycles. The van der Waals surface area contributed by atoms with E-state index in [1.165, 1.54) is 23.3 Å². The fourth-order valence-electron chi connectivity index (χ4n) is 5.27. The molecule has 8 nitrogen and oxygen atoms in total. The number of aliphatic hydroxyl groups is 1. The van der Waals surface area contributed by atoms with Crippen molar-refractivity contribution in [3.8, 4) is 11.5 Å². The number of rotatable bonds is 8. The molecular weight excluding hydrogens is 600 g/mol. The number of para-hydroxylation sites is 1. The van der Waals surface area contributed by atoms with Crippen LogP contribution in [0.1, 0.15) is 27.7 Å². The summed E-state index contributed by atoms with van der Waals surface area (Å²) in [5.74, 6) is -1.19. The van der Waals surface area contributed by atoms with Gasteiger partial charge in [-0.3, -0.25) is 14.5 Å². The second-order valence-corrected chi connectivity index (χ2v) is 11.6. The number of amides is 1. The maximum absolute atomic E-state index is 14.0. The van der Waals surface area contributed by atoms with Crippen molar-refractivity contribution in [1.29, 1.82) is 0 Å². The molecule has 3 heterocycles. The first kappa shape index (κ1) is 27.7. The summed E-state index contributed by atoms with van der Waals surface area (Å²) in [5, 5.41) is 12.8. The number of ether oxygens (including phenoxy) is 2. The van der Waals surface area contributed by atoms with Crippen LogP contribution in [0.5, 0.6) is 11.5 Å². The zero-order chi connectivity index (χ0) is 30.4. The molecule has 6 aromatic rings. The molecule has 7 rings (SSSR count). The van der Waals surface area contributed by atoms with Crippen LogP contribution < -0.4 is 14.4 Å². The second-order valence-electron chi connectivity index (χ2n) is 10.1. The van der Waals surface area contributed by atoms with Crippen LogP contribution in [-0.2, 0) is 11.4 Å². The molecule has 4 aromatic carbocycles. The Morgan fingerprint density at radius 3 is 2.59 bits per heavy atom. The van der Waals surface area contributed by atoms with Crippen LogP contribution in [0.25, 0.3) is 21.2 Å². The Labute approximate surface area is 260 Å². The van der Waals surface area contributed by atoms with E-state index in [0.29, 0.717) is 44.9 Å². The number of aliphatic hydroxyl groups excluding tert-OH is 1. The van der Waals surface area contributed by atoms with Crippen molar-refractivity contribution < 1.29 is 28.6 Å². The Morgan fingerprint density at radius 1 is 1.00 bits per heavy atom. The van der Waals surface area contributed by atoms with Gasteiger partial charge >= 0.3 is 0 Å². The number of benzene rings is 4. The Balaban J connectivity index is 1.33. The van der Waals surface area contributed by atoms with E-state index in [1.54, 1.807) is 54.6 Å². The van der Waals surface area contributed by atoms with Crippen LogP contribution in [-0.4, -0.2) is 28.9 Å². The summed E-state index contributed by atoms with van der Waals surface area (Å²) < 4.78 is 18.3. The highest BCUT2D eigenvalue weighted by Crippen LogP contribution is 2.46. The molecule has 10 heteroatoms. The number of anilines is 1. The van der Waals surface area contributed by atoms with Crippen molar-refractivity contribution in [2.45, 2.75) is 12.6 Å². The molecule has 2 aromatic heterocycles. The van der Waals surface area contributed by atoms with Gasteiger partial charge in [0.15, 0.2) is 28.1 Å². The van der Waals surface area contributed by atoms with Crippen LogP contribution in [0.3, 0.4) is 0 Å². The standard InChI is InChI=1S/C34H23ClN2O6S/c1-41-26-16-21(11-14-25(26)42-18-19-7-3-2-4-8-19)30-29(31(38)27-15-20-9-5-6-10-24(20)43-27)32(39)33(40)37(30)34-36-23-13-12-22(35)17-28(23)44-34/h2-17,30,39H,18H2,1H3. The van der Waals surface area contributed by atoms with Gasteiger partial charge in [-0.1, -0.05) is 77.5 Å². The first-order chi connectivity index (χ1) is 21.4. The minimum Gasteiger partial charge on any atom is -0.503 e. The van der Waals surface area contributed by atoms with Crippen LogP contribution in [0, 0.1) is 0 Å². The minimum atomic E-state index is -1.05. The van der Waals surface area contributed by atoms with Crippen molar-refractivity contribution in [1.82, 2.24) is 4.98 Å². The average molecular weight is 623 g/mol. The molecule has 0 radical (unpaired) electrons. The Hall–Kier alpha value is -5.12. The van der Waals surface area contributed by atoms with Crippen molar-refractivity contribution in [2.75, 3.05) is 12.0 Å². The number of carbonyl (C=O) groups excluding carboxylic acids is 2. The number of carbonyl (C=O) groups is 2. The van der Waals surface area contributed by atoms with Crippen LogP contribution >= 0.6 is 22.9 Å². The number of hydrogen-bond donors (Lipinski definition) is 1. The molecule has 44 heavy (non-hydrogen) atoms. The fraction of sp³-hybridized carbons (Fsp3) is 0.0882. The Morgan fingerprint density at radius 2 is 1.80 bits per heavy atom. The van der Waals surface area contributed by atoms with Gasteiger partial charge in [-0.2, -0.15) is 0 Å². The lowest BCUT2D eigenvalue weighted by Gasteiger charge is -2.25. The summed E-state index contributed by atoms with van der Waals surface area (Å²) >= 11 is 7.44. The third-order valence-corrected chi connectivity index (χ3v) is 8.64. The number of thiazole rings is 1. The van der Waals surface area contributed by atoms with Gasteiger partial charge in [-0.05, 0) is 53.6 Å². The number of furan rings is 1. The zero-order valence-electron chi connectivity index (χ0n) is 23.2. The average Bonchev–Trinajstić information content (AvgIpc) is 3.74. The smallest absolute Gasteiger partial charge is 0.296 e. The zero-order valence-corrected chi connectivity index (χ0v) is 24.8. The summed E-state index contributed by atoms with van der Waals surface area (Å²) in [5.41, 5.74) is 2.49. The molecular formula is C34H23ClN2O6S. The van der Waals surface area contributed by atoms with Crippen LogP contribution in [0.2, 0.25) is 5.02 Å². The van der Waals surface area contributed by atoms with E-state index in [1.807, 2.05) is 42.5 Å². The number of fused-ring (bicyclic) bond motifs is 2. The van der Waals surface area contributed by atoms with Gasteiger partial charge in [-0.15, -0.1) is 0 Å². The molecule has 0 fully saturated rings. The molecule has 0 spiro atoms. The maximum Gasteiger partial charge on any atom is 0.296 e. The summed E-state index contributed by atoms with van der Waals surface area (Å²) in [6.07, 6.45) is 0. The number of halogens is 1. The van der Waals surface area contributed by atoms with Crippen molar-refractivity contribution in [2.24, 2.45) is 0 Å². The van der Waals surface area contributed by atoms with Crippen LogP contribution in [0.4, 0.5) is 5.13 Å². The molecule has 0 bridgehead atoms. The van der Waals surface area contributed by atoms with Crippen molar-refractivity contribution in [3.63, 3.8) is 0 Å². The maximum atomic E-state index is 14.0. The van der Waals surface area contributed by atoms with Gasteiger partial charge in [0.05, 0.1) is 28.9 Å². The SMILES string of the molecule is COc1cc(C2C(C(=O)c3cc4ccccc4o3)=C(O)C(=O)N2c2nc3ccc(Cl)cc3s2)ccc1OCc1ccccc1. The molecule has 0 aliphatic carbocycles. The van der Waals surface area contributed by atoms with Crippen molar-refractivity contribution >= 4 is 60.9 Å². The molecule has 1 aliphatic rings. The minimum absolute atomic E-state index is 0.00161. The predicted molar refractivity (Wildman–Crippen MR) is 169 cm³/mol. The summed E-state index contributed by atoms with van der Waals surface area (Å²) in [6.45, 7) is 0.315. The monoisotopic (exact) mass is 622 g/mol. The van der Waals surface area contributed by atoms with Gasteiger partial charge in [0.25, 0.3) is 5.91 Å². The number of nitrogens with zero attached hydrogens (tertiary/aromatic N) is 2. The number of ketones is 1. The summed E-state index contributed by atoms with van der Waals surface area (Å²) in [4.78, 5) is 33.8. The highest BCUT2D eigenvalue weighted by atomic mass is 35.5. The van der Waals surface area contributed by atoms with E-state index < -0.39 is 23.5 Å². The number of methoxy groups -OCH3 is 1. The van der Waals surface area contributed by atoms with Gasteiger partial charge < -0.3 is 19.0 Å². The Bertz CT molecular complexity index is 2070. The van der Waals surface area contributed by atoms with Crippen LogP contribution in [0.15, 0.2) is 113 Å². The summed E-state index contributed by atoms with van der Waals surface area (Å²) in [7, 11) is 1.51. The lowest BCUT2D eigenvalue weighted by atomic mass is 9.95. The first-order valence-electron chi connectivity index (χ1n) is 13.6. The van der Waals surface area contributed by atoms with E-state index in [4.69, 9.17) is 25.5 Å². The second kappa shape index (κ2) is 11.2. The topological polar surface area (TPSA) is 102 Å². The molecule has 1 amide bonds. The highest BCUT2D eigenvalue weighted by Gasteiger charge is 2.47. The first-order valence-corrected chi connectivity index (χ1v) is 14.8. The molecule has 0 saturated carbocycles. The lowest BCUT2D eigenvalue weighted by Crippen LogP contribution is -2.31. The van der Waals surface area contributed by atoms with E-state index in [2.05, 4.69) is 4.98 Å². The molecule has 1 N–H and O–H groups in total. The van der Waals surface area contributed by atoms with Gasteiger partial charge in [0.1, 0.15) is 12.2 Å². The van der Waals surface area contributed by atoms with Gasteiger partial charge in [0.2, 0.25) is 5.78 Å². The lowest BCUT2D eigenvalue weighted by molar-refractivity contribution is -0.117. The summed E-state index contributed by atoms with van der Waals surface area (Å²) in [6, 6.07) is 27.8. The number of aromatic nitrogens is 1. The van der Waals surface area contributed by atoms with E-state index in [9.17, 15) is 14.7 Å². The van der Waals surface area contributed by atoms with Gasteiger partial charge in [0, 0.05) is 10.4 Å². The largest absolute Gasteiger partial charge is 0.503 e. The third-order valence-electron chi connectivity index (χ3n) is 7.39. The normalized spacial score (nSPS) is 15.0. The molecule has 1 atom stereocenters. The highest BCUT2D eigenvalue weighted by molar-refractivity contribution is 7.22. The Kier molecular flexibility index (Phi) is 7.04. The predicted octanol–water partition coefficient (Wildman–Crippen LogP) is 8.07. The molecule has 218 valence electrons. The fourth-order valence-corrected chi connectivity index (χ4v) is 6.54. The third kappa shape index (κ3) is 4.86. The number of hydrogen-bond acceptors (Lipinski definition) is 8. The number of Topliss-reactive ketones (excluding diaryl/α,β-unsaturated/α-hetero) is 1. The molecule has 1 unspecified atom stereocenters. The van der Waals surface area contributed by atoms with E-state index in [0.717, 1.165) is 15.6 Å². The van der Waals surface area contributed by atoms with Gasteiger partial charge in [-0.25, -0.2) is 4.98 Å². The molecule has 1 aliphatic heterocycles. The van der Waals surface area contributed by atoms with E-state index in [-0.39, 0.29) is 11.3 Å². The van der Waals surface area contributed by atoms with E-state index >= 15 is 0 Å². The van der Waals surface area contributed by atoms with Crippen molar-refractivity contribution in [3.05, 3.63) is 130 Å².